The highest BCUT2D eigenvalue weighted by Crippen LogP contribution is 2.57. The van der Waals surface area contributed by atoms with E-state index in [0.717, 1.165) is 23.5 Å². The highest BCUT2D eigenvalue weighted by Gasteiger charge is 2.47. The molecule has 0 bridgehead atoms. The van der Waals surface area contributed by atoms with Crippen LogP contribution in [0.4, 0.5) is 10.1 Å². The van der Waals surface area contributed by atoms with Crippen molar-refractivity contribution in [2.45, 2.75) is 26.3 Å². The van der Waals surface area contributed by atoms with Gasteiger partial charge >= 0.3 is 11.9 Å². The highest BCUT2D eigenvalue weighted by atomic mass is 32.2. The average molecular weight is 574 g/mol. The number of esters is 2. The Balaban J connectivity index is 1.96. The molecular formula is C27H24FNO6S3. The summed E-state index contributed by atoms with van der Waals surface area (Å²) < 4.78 is 29.9. The number of para-hydroxylation sites is 1. The van der Waals surface area contributed by atoms with Crippen LogP contribution in [0, 0.1) is 5.82 Å². The summed E-state index contributed by atoms with van der Waals surface area (Å²) in [5, 5.41) is 0. The molecule has 1 amide bonds. The lowest BCUT2D eigenvalue weighted by Crippen LogP contribution is -2.56. The van der Waals surface area contributed by atoms with Crippen molar-refractivity contribution in [3.63, 3.8) is 0 Å². The number of ether oxygens (including phenoxy) is 3. The van der Waals surface area contributed by atoms with Crippen LogP contribution < -0.4 is 9.64 Å². The first kappa shape index (κ1) is 27.9. The van der Waals surface area contributed by atoms with Crippen LogP contribution in [0.25, 0.3) is 5.57 Å². The molecule has 0 radical (unpaired) electrons. The van der Waals surface area contributed by atoms with Crippen LogP contribution in [0.15, 0.2) is 56.5 Å². The van der Waals surface area contributed by atoms with Gasteiger partial charge < -0.3 is 14.2 Å². The van der Waals surface area contributed by atoms with Crippen LogP contribution in [-0.2, 0) is 19.1 Å². The van der Waals surface area contributed by atoms with E-state index in [1.165, 1.54) is 38.5 Å². The number of rotatable bonds is 5. The van der Waals surface area contributed by atoms with Crippen molar-refractivity contribution < 1.29 is 33.0 Å². The second-order valence-electron chi connectivity index (χ2n) is 8.63. The molecule has 0 aliphatic carbocycles. The third-order valence-corrected chi connectivity index (χ3v) is 9.23. The number of hydrogen-bond donors (Lipinski definition) is 0. The zero-order valence-corrected chi connectivity index (χ0v) is 23.7. The second kappa shape index (κ2) is 10.9. The van der Waals surface area contributed by atoms with E-state index in [1.807, 2.05) is 26.8 Å². The molecule has 2 aromatic rings. The summed E-state index contributed by atoms with van der Waals surface area (Å²) in [6.07, 6.45) is 0. The molecule has 2 aliphatic rings. The summed E-state index contributed by atoms with van der Waals surface area (Å²) in [5.41, 5.74) is 0.908. The van der Waals surface area contributed by atoms with Crippen molar-refractivity contribution in [2.24, 2.45) is 0 Å². The van der Waals surface area contributed by atoms with E-state index in [-0.39, 0.29) is 21.3 Å². The topological polar surface area (TPSA) is 82.1 Å². The van der Waals surface area contributed by atoms with E-state index in [2.05, 4.69) is 0 Å². The number of thioether (sulfide) groups is 2. The highest BCUT2D eigenvalue weighted by molar-refractivity contribution is 8.29. The van der Waals surface area contributed by atoms with Crippen LogP contribution in [0.5, 0.6) is 5.75 Å². The molecule has 2 aromatic carbocycles. The molecule has 38 heavy (non-hydrogen) atoms. The zero-order valence-electron chi connectivity index (χ0n) is 21.2. The number of fused-ring (bicyclic) bond motifs is 1. The maximum Gasteiger partial charge on any atom is 0.346 e. The van der Waals surface area contributed by atoms with Gasteiger partial charge in [0.1, 0.15) is 21.4 Å². The Hall–Kier alpha value is -3.15. The fourth-order valence-corrected chi connectivity index (χ4v) is 7.20. The molecular weight excluding hydrogens is 549 g/mol. The van der Waals surface area contributed by atoms with Crippen molar-refractivity contribution in [3.05, 3.63) is 73.5 Å². The third-order valence-electron chi connectivity index (χ3n) is 5.97. The molecule has 0 unspecified atom stereocenters. The van der Waals surface area contributed by atoms with E-state index >= 15 is 0 Å². The zero-order chi connectivity index (χ0) is 27.8. The molecule has 0 fully saturated rings. The number of amides is 1. The molecule has 198 valence electrons. The monoisotopic (exact) mass is 573 g/mol. The number of carbonyl (C=O) groups excluding carboxylic acids is 3. The van der Waals surface area contributed by atoms with Gasteiger partial charge in [-0.1, -0.05) is 47.9 Å². The Morgan fingerprint density at radius 3 is 2.08 bits per heavy atom. The Morgan fingerprint density at radius 1 is 0.974 bits per heavy atom. The fraction of sp³-hybridized carbons (Fsp3) is 0.259. The molecule has 2 heterocycles. The molecule has 4 rings (SSSR count). The maximum absolute atomic E-state index is 13.9. The summed E-state index contributed by atoms with van der Waals surface area (Å²) in [4.78, 5) is 41.1. The third kappa shape index (κ3) is 4.74. The first-order valence-corrected chi connectivity index (χ1v) is 13.5. The van der Waals surface area contributed by atoms with Gasteiger partial charge in [0.2, 0.25) is 0 Å². The van der Waals surface area contributed by atoms with Gasteiger partial charge in [0.05, 0.1) is 41.2 Å². The van der Waals surface area contributed by atoms with Gasteiger partial charge in [-0.25, -0.2) is 14.0 Å². The molecule has 0 spiro atoms. The van der Waals surface area contributed by atoms with Crippen molar-refractivity contribution in [3.8, 4) is 5.75 Å². The first-order chi connectivity index (χ1) is 18.1. The van der Waals surface area contributed by atoms with Crippen LogP contribution in [-0.4, -0.2) is 49.1 Å². The minimum Gasteiger partial charge on any atom is -0.492 e. The Kier molecular flexibility index (Phi) is 8.01. The van der Waals surface area contributed by atoms with E-state index in [0.29, 0.717) is 38.3 Å². The Labute approximate surface area is 233 Å². The van der Waals surface area contributed by atoms with Crippen molar-refractivity contribution in [1.29, 1.82) is 0 Å². The number of hydrogen-bond acceptors (Lipinski definition) is 9. The second-order valence-corrected chi connectivity index (χ2v) is 11.3. The van der Waals surface area contributed by atoms with Crippen LogP contribution in [0.2, 0.25) is 0 Å². The van der Waals surface area contributed by atoms with Crippen molar-refractivity contribution in [1.82, 2.24) is 0 Å². The number of thiocarbonyl (C=S) groups is 1. The summed E-state index contributed by atoms with van der Waals surface area (Å²) in [6, 6.07) is 10.6. The van der Waals surface area contributed by atoms with Gasteiger partial charge in [0.15, 0.2) is 0 Å². The number of nitrogens with zero attached hydrogens (tertiary/aromatic N) is 1. The van der Waals surface area contributed by atoms with Crippen LogP contribution >= 0.6 is 35.7 Å². The van der Waals surface area contributed by atoms with E-state index in [4.69, 9.17) is 26.4 Å². The van der Waals surface area contributed by atoms with Gasteiger partial charge in [-0.2, -0.15) is 0 Å². The normalized spacial score (nSPS) is 16.4. The standard InChI is InChI=1S/C27H24FNO6S3/c1-6-35-17-9-7-8-16-18(26-37-20(24(31)33-4)21(38-26)25(32)34-5)22(36)27(2,3)29(19(16)17)23(30)14-10-12-15(28)13-11-14/h7-13H,6H2,1-5H3. The van der Waals surface area contributed by atoms with Crippen LogP contribution in [0.3, 0.4) is 0 Å². The minimum atomic E-state index is -1.05. The summed E-state index contributed by atoms with van der Waals surface area (Å²) in [5.74, 6) is -1.73. The predicted octanol–water partition coefficient (Wildman–Crippen LogP) is 5.74. The lowest BCUT2D eigenvalue weighted by atomic mass is 9.82. The lowest BCUT2D eigenvalue weighted by Gasteiger charge is -2.45. The lowest BCUT2D eigenvalue weighted by molar-refractivity contribution is -0.138. The molecule has 0 N–H and O–H groups in total. The largest absolute Gasteiger partial charge is 0.492 e. The fourth-order valence-electron chi connectivity index (χ4n) is 4.17. The van der Waals surface area contributed by atoms with Gasteiger partial charge in [-0.3, -0.25) is 9.69 Å². The Bertz CT molecular complexity index is 1380. The van der Waals surface area contributed by atoms with E-state index in [9.17, 15) is 18.8 Å². The SMILES string of the molecule is CCOc1cccc2c1N(C(=O)c1ccc(F)cc1)C(C)(C)C(=S)C2=C1SC(C(=O)OC)=C(C(=O)OC)S1. The smallest absolute Gasteiger partial charge is 0.346 e. The average Bonchev–Trinajstić information content (AvgIpc) is 3.34. The molecule has 7 nitrogen and oxygen atoms in total. The maximum atomic E-state index is 13.9. The van der Waals surface area contributed by atoms with Crippen molar-refractivity contribution in [2.75, 3.05) is 25.7 Å². The quantitative estimate of drug-likeness (QED) is 0.253. The number of carbonyl (C=O) groups is 3. The molecule has 11 heteroatoms. The summed E-state index contributed by atoms with van der Waals surface area (Å²) in [7, 11) is 2.47. The van der Waals surface area contributed by atoms with Gasteiger partial charge in [0.25, 0.3) is 5.91 Å². The van der Waals surface area contributed by atoms with E-state index in [1.54, 1.807) is 17.0 Å². The van der Waals surface area contributed by atoms with Crippen LogP contribution in [0.1, 0.15) is 36.7 Å². The first-order valence-electron chi connectivity index (χ1n) is 11.5. The molecule has 2 aliphatic heterocycles. The summed E-state index contributed by atoms with van der Waals surface area (Å²) in [6.45, 7) is 5.80. The summed E-state index contributed by atoms with van der Waals surface area (Å²) >= 11 is 8.13. The molecule has 0 atom stereocenters. The van der Waals surface area contributed by atoms with Gasteiger partial charge in [0, 0.05) is 16.7 Å². The number of benzene rings is 2. The van der Waals surface area contributed by atoms with E-state index < -0.39 is 23.3 Å². The molecule has 0 saturated heterocycles. The number of methoxy groups -OCH3 is 2. The van der Waals surface area contributed by atoms with Crippen molar-refractivity contribution >= 4 is 69.7 Å². The minimum absolute atomic E-state index is 0.0970. The molecule has 0 saturated carbocycles. The Morgan fingerprint density at radius 2 is 1.55 bits per heavy atom. The van der Waals surface area contributed by atoms with Gasteiger partial charge in [-0.15, -0.1) is 0 Å². The predicted molar refractivity (Wildman–Crippen MR) is 151 cm³/mol. The van der Waals surface area contributed by atoms with Gasteiger partial charge in [-0.05, 0) is 51.1 Å². The number of halogens is 1. The number of anilines is 1. The molecule has 0 aromatic heterocycles.